The van der Waals surface area contributed by atoms with Gasteiger partial charge in [0.2, 0.25) is 5.12 Å². The lowest BCUT2D eigenvalue weighted by Crippen LogP contribution is -2.33. The second-order valence-corrected chi connectivity index (χ2v) is 5.37. The second-order valence-electron chi connectivity index (χ2n) is 3.94. The Hall–Kier alpha value is -1.16. The molecule has 1 saturated heterocycles. The summed E-state index contributed by atoms with van der Waals surface area (Å²) < 4.78 is -0.916. The van der Waals surface area contributed by atoms with E-state index in [1.807, 2.05) is 6.92 Å². The lowest BCUT2D eigenvalue weighted by molar-refractivity contribution is -0.131. The predicted molar refractivity (Wildman–Crippen MR) is 64.1 cm³/mol. The number of carbonyl (C=O) groups is 3. The Morgan fingerprint density at radius 2 is 2.00 bits per heavy atom. The van der Waals surface area contributed by atoms with E-state index in [0.29, 0.717) is 6.29 Å². The van der Waals surface area contributed by atoms with Crippen molar-refractivity contribution >= 4 is 28.9 Å². The zero-order chi connectivity index (χ0) is 12.5. The minimum absolute atomic E-state index is 0.323. The van der Waals surface area contributed by atoms with E-state index in [-0.39, 0.29) is 10.9 Å². The van der Waals surface area contributed by atoms with Crippen LogP contribution in [-0.2, 0) is 14.4 Å². The molecule has 1 rings (SSSR count). The van der Waals surface area contributed by atoms with Crippen LogP contribution in [0.3, 0.4) is 0 Å². The van der Waals surface area contributed by atoms with Gasteiger partial charge in [-0.3, -0.25) is 9.59 Å². The molecule has 1 aliphatic heterocycles. The van der Waals surface area contributed by atoms with Crippen LogP contribution in [0.15, 0.2) is 23.8 Å². The van der Waals surface area contributed by atoms with Crippen molar-refractivity contribution in [3.63, 3.8) is 0 Å². The Balaban J connectivity index is 3.24. The van der Waals surface area contributed by atoms with E-state index >= 15 is 0 Å². The van der Waals surface area contributed by atoms with Gasteiger partial charge in [-0.1, -0.05) is 30.0 Å². The van der Waals surface area contributed by atoms with Gasteiger partial charge in [-0.2, -0.15) is 0 Å². The summed E-state index contributed by atoms with van der Waals surface area (Å²) in [4.78, 5) is 34.2. The molecule has 0 bridgehead atoms. The monoisotopic (exact) mass is 238 g/mol. The van der Waals surface area contributed by atoms with Gasteiger partial charge in [0.25, 0.3) is 0 Å². The van der Waals surface area contributed by atoms with Crippen molar-refractivity contribution in [3.8, 4) is 0 Å². The number of ketones is 1. The van der Waals surface area contributed by atoms with Crippen LogP contribution in [0.2, 0.25) is 0 Å². The van der Waals surface area contributed by atoms with Gasteiger partial charge in [-0.25, -0.2) is 0 Å². The number of Topliss-reactive ketones (excluding diaryl/α,β-unsaturated/α-hetero) is 1. The maximum Gasteiger partial charge on any atom is 0.207 e. The average molecular weight is 238 g/mol. The molecule has 4 heteroatoms. The van der Waals surface area contributed by atoms with Crippen LogP contribution in [0.5, 0.6) is 0 Å². The molecule has 0 spiro atoms. The van der Waals surface area contributed by atoms with Gasteiger partial charge < -0.3 is 4.79 Å². The lowest BCUT2D eigenvalue weighted by Gasteiger charge is -2.22. The highest BCUT2D eigenvalue weighted by molar-refractivity contribution is 8.16. The fourth-order valence-corrected chi connectivity index (χ4v) is 2.86. The van der Waals surface area contributed by atoms with E-state index < -0.39 is 10.7 Å². The molecule has 3 nitrogen and oxygen atoms in total. The van der Waals surface area contributed by atoms with Crippen molar-refractivity contribution in [2.75, 3.05) is 0 Å². The molecule has 0 radical (unpaired) electrons. The van der Waals surface area contributed by atoms with E-state index in [1.54, 1.807) is 19.9 Å². The van der Waals surface area contributed by atoms with Gasteiger partial charge in [0.15, 0.2) is 5.78 Å². The highest BCUT2D eigenvalue weighted by Crippen LogP contribution is 2.44. The molecule has 0 aromatic carbocycles. The maximum atomic E-state index is 12.0. The topological polar surface area (TPSA) is 51.2 Å². The Morgan fingerprint density at radius 1 is 1.44 bits per heavy atom. The summed E-state index contributed by atoms with van der Waals surface area (Å²) >= 11 is 0.935. The summed E-state index contributed by atoms with van der Waals surface area (Å²) in [7, 11) is 0. The van der Waals surface area contributed by atoms with Crippen molar-refractivity contribution in [1.82, 2.24) is 0 Å². The number of aldehydes is 1. The Morgan fingerprint density at radius 3 is 2.38 bits per heavy atom. The third-order valence-electron chi connectivity index (χ3n) is 3.06. The van der Waals surface area contributed by atoms with Gasteiger partial charge in [0.05, 0.1) is 0 Å². The Labute approximate surface area is 99.0 Å². The Kier molecular flexibility index (Phi) is 3.53. The molecule has 2 unspecified atom stereocenters. The Bertz CT molecular complexity index is 408. The van der Waals surface area contributed by atoms with E-state index in [4.69, 9.17) is 0 Å². The largest absolute Gasteiger partial charge is 0.302 e. The quantitative estimate of drug-likeness (QED) is 0.428. The molecule has 1 heterocycles. The van der Waals surface area contributed by atoms with E-state index in [1.165, 1.54) is 0 Å². The minimum Gasteiger partial charge on any atom is -0.302 e. The number of rotatable bonds is 3. The highest BCUT2D eigenvalue weighted by atomic mass is 32.2. The number of carbonyl (C=O) groups excluding carboxylic acids is 3. The van der Waals surface area contributed by atoms with Crippen molar-refractivity contribution in [2.45, 2.75) is 25.5 Å². The number of hydrogen-bond acceptors (Lipinski definition) is 4. The van der Waals surface area contributed by atoms with Crippen LogP contribution in [0, 0.1) is 5.92 Å². The molecule has 0 aliphatic carbocycles. The molecule has 1 aliphatic rings. The molecule has 1 fully saturated rings. The van der Waals surface area contributed by atoms with Crippen molar-refractivity contribution < 1.29 is 14.4 Å². The van der Waals surface area contributed by atoms with Gasteiger partial charge >= 0.3 is 0 Å². The molecule has 0 aromatic heterocycles. The predicted octanol–water partition coefficient (Wildman–Crippen LogP) is 1.93. The summed E-state index contributed by atoms with van der Waals surface area (Å²) in [5.74, 6) is -1.43. The van der Waals surface area contributed by atoms with Crippen molar-refractivity contribution in [2.24, 2.45) is 5.92 Å². The van der Waals surface area contributed by atoms with Crippen molar-refractivity contribution in [3.05, 3.63) is 23.8 Å². The number of thioether (sulfide) groups is 1. The second kappa shape index (κ2) is 4.37. The first-order valence-electron chi connectivity index (χ1n) is 4.91. The molecule has 0 N–H and O–H groups in total. The third kappa shape index (κ3) is 1.78. The van der Waals surface area contributed by atoms with Crippen LogP contribution in [0.1, 0.15) is 20.8 Å². The molecule has 86 valence electrons. The fourth-order valence-electron chi connectivity index (χ4n) is 1.63. The molecule has 0 saturated carbocycles. The molecule has 16 heavy (non-hydrogen) atoms. The first kappa shape index (κ1) is 12.9. The standard InChI is InChI=1S/C12H14O3S/c1-5-7(2)8(3)12(4)10(14)9(6-13)11(15)16-12/h5-6,9H,1H2,2-4H3. The van der Waals surface area contributed by atoms with Crippen LogP contribution in [0.4, 0.5) is 0 Å². The summed E-state index contributed by atoms with van der Waals surface area (Å²) in [6, 6.07) is 0. The van der Waals surface area contributed by atoms with Gasteiger partial charge in [-0.15, -0.1) is 0 Å². The maximum absolute atomic E-state index is 12.0. The van der Waals surface area contributed by atoms with E-state index in [2.05, 4.69) is 6.58 Å². The van der Waals surface area contributed by atoms with Crippen LogP contribution in [-0.4, -0.2) is 21.9 Å². The molecular weight excluding hydrogens is 224 g/mol. The van der Waals surface area contributed by atoms with E-state index in [9.17, 15) is 14.4 Å². The van der Waals surface area contributed by atoms with Gasteiger partial charge in [0, 0.05) is 0 Å². The molecule has 2 atom stereocenters. The normalized spacial score (nSPS) is 31.3. The number of hydrogen-bond donors (Lipinski definition) is 0. The number of allylic oxidation sites excluding steroid dienone is 2. The first-order valence-corrected chi connectivity index (χ1v) is 5.73. The minimum atomic E-state index is -1.11. The smallest absolute Gasteiger partial charge is 0.207 e. The van der Waals surface area contributed by atoms with Gasteiger partial charge in [-0.05, 0) is 26.3 Å². The van der Waals surface area contributed by atoms with Crippen molar-refractivity contribution in [1.29, 1.82) is 0 Å². The first-order chi connectivity index (χ1) is 7.38. The van der Waals surface area contributed by atoms with Crippen LogP contribution < -0.4 is 0 Å². The van der Waals surface area contributed by atoms with Crippen LogP contribution >= 0.6 is 11.8 Å². The molecule has 0 amide bonds. The van der Waals surface area contributed by atoms with Crippen LogP contribution in [0.25, 0.3) is 0 Å². The van der Waals surface area contributed by atoms with E-state index in [0.717, 1.165) is 22.9 Å². The van der Waals surface area contributed by atoms with Gasteiger partial charge in [0.1, 0.15) is 17.0 Å². The summed E-state index contributed by atoms with van der Waals surface area (Å²) in [6.07, 6.45) is 2.08. The SMILES string of the molecule is C=CC(C)=C(C)C1(C)SC(=O)C(C=O)C1=O. The highest BCUT2D eigenvalue weighted by Gasteiger charge is 2.52. The zero-order valence-corrected chi connectivity index (χ0v) is 10.4. The lowest BCUT2D eigenvalue weighted by atomic mass is 9.88. The zero-order valence-electron chi connectivity index (χ0n) is 9.57. The average Bonchev–Trinajstić information content (AvgIpc) is 2.48. The summed E-state index contributed by atoms with van der Waals surface area (Å²) in [5, 5.41) is -0.362. The summed E-state index contributed by atoms with van der Waals surface area (Å²) in [6.45, 7) is 8.95. The fraction of sp³-hybridized carbons (Fsp3) is 0.417. The third-order valence-corrected chi connectivity index (χ3v) is 4.43. The molecule has 0 aromatic rings. The molecular formula is C12H14O3S. The summed E-state index contributed by atoms with van der Waals surface area (Å²) in [5.41, 5.74) is 1.65.